The molecule has 0 bridgehead atoms. The van der Waals surface area contributed by atoms with Crippen molar-refractivity contribution < 1.29 is 22.3 Å². The van der Waals surface area contributed by atoms with Gasteiger partial charge in [-0.1, -0.05) is 30.3 Å². The van der Waals surface area contributed by atoms with Gasteiger partial charge in [0, 0.05) is 17.7 Å². The summed E-state index contributed by atoms with van der Waals surface area (Å²) in [5.74, 6) is -0.120. The molecule has 0 unspecified atom stereocenters. The highest BCUT2D eigenvalue weighted by atomic mass is 32.2. The fourth-order valence-electron chi connectivity index (χ4n) is 3.81. The van der Waals surface area contributed by atoms with Crippen molar-refractivity contribution in [3.63, 3.8) is 0 Å². The van der Waals surface area contributed by atoms with Crippen LogP contribution in [0.1, 0.15) is 12.0 Å². The van der Waals surface area contributed by atoms with Gasteiger partial charge in [-0.05, 0) is 54.8 Å². The summed E-state index contributed by atoms with van der Waals surface area (Å²) in [4.78, 5) is 12.6. The lowest BCUT2D eigenvalue weighted by atomic mass is 10.0. The first-order chi connectivity index (χ1) is 15.4. The van der Waals surface area contributed by atoms with Crippen LogP contribution >= 0.6 is 0 Å². The van der Waals surface area contributed by atoms with E-state index in [0.717, 1.165) is 22.0 Å². The van der Waals surface area contributed by atoms with Gasteiger partial charge in [0.05, 0.1) is 17.7 Å². The minimum Gasteiger partial charge on any atom is -0.497 e. The molecule has 3 aromatic rings. The number of methoxy groups -OCH3 is 1. The molecule has 166 valence electrons. The summed E-state index contributed by atoms with van der Waals surface area (Å²) in [5, 5.41) is 2.78. The maximum Gasteiger partial charge on any atom is 0.265 e. The Morgan fingerprint density at radius 3 is 2.66 bits per heavy atom. The number of sulfonamides is 1. The van der Waals surface area contributed by atoms with Crippen molar-refractivity contribution in [2.75, 3.05) is 24.5 Å². The van der Waals surface area contributed by atoms with Gasteiger partial charge in [-0.15, -0.1) is 0 Å². The van der Waals surface area contributed by atoms with Crippen molar-refractivity contribution in [3.8, 4) is 16.9 Å². The summed E-state index contributed by atoms with van der Waals surface area (Å²) < 4.78 is 46.6. The molecule has 32 heavy (non-hydrogen) atoms. The molecule has 1 aliphatic heterocycles. The Bertz CT molecular complexity index is 1260. The van der Waals surface area contributed by atoms with Crippen LogP contribution in [0.25, 0.3) is 11.1 Å². The first-order valence-corrected chi connectivity index (χ1v) is 11.7. The van der Waals surface area contributed by atoms with Crippen LogP contribution in [0.3, 0.4) is 0 Å². The van der Waals surface area contributed by atoms with Gasteiger partial charge in [-0.2, -0.15) is 0 Å². The van der Waals surface area contributed by atoms with E-state index < -0.39 is 21.7 Å². The number of benzene rings is 3. The Morgan fingerprint density at radius 2 is 1.84 bits per heavy atom. The highest BCUT2D eigenvalue weighted by Crippen LogP contribution is 2.42. The molecule has 0 spiro atoms. The third kappa shape index (κ3) is 4.31. The number of halogens is 1. The SMILES string of the molecule is COc1cccc(CCCNC(=O)CN2c3ccc(F)cc3-c3ccccc3S2(=O)=O)c1. The molecular formula is C24H23FN2O4S. The molecule has 0 fully saturated rings. The number of carbonyl (C=O) groups is 1. The second-order valence-corrected chi connectivity index (χ2v) is 9.31. The zero-order valence-corrected chi connectivity index (χ0v) is 18.4. The third-order valence-electron chi connectivity index (χ3n) is 5.36. The molecule has 1 aliphatic rings. The van der Waals surface area contributed by atoms with Crippen molar-refractivity contribution >= 4 is 21.6 Å². The van der Waals surface area contributed by atoms with E-state index in [1.165, 1.54) is 24.3 Å². The maximum absolute atomic E-state index is 13.9. The standard InChI is InChI=1S/C24H23FN2O4S/c1-31-19-8-4-6-17(14-19)7-5-13-26-24(28)16-27-22-12-11-18(25)15-21(22)20-9-2-3-10-23(20)32(27,29)30/h2-4,6,8-12,14-15H,5,7,13,16H2,1H3,(H,26,28). The van der Waals surface area contributed by atoms with Gasteiger partial charge in [-0.3, -0.25) is 9.10 Å². The topological polar surface area (TPSA) is 75.7 Å². The molecule has 8 heteroatoms. The first-order valence-electron chi connectivity index (χ1n) is 10.2. The molecule has 0 radical (unpaired) electrons. The summed E-state index contributed by atoms with van der Waals surface area (Å²) in [6.07, 6.45) is 1.44. The van der Waals surface area contributed by atoms with Crippen LogP contribution in [-0.4, -0.2) is 34.5 Å². The van der Waals surface area contributed by atoms with E-state index in [2.05, 4.69) is 5.32 Å². The minimum atomic E-state index is -3.95. The zero-order valence-electron chi connectivity index (χ0n) is 17.5. The van der Waals surface area contributed by atoms with Crippen LogP contribution in [0.15, 0.2) is 71.6 Å². The Hall–Kier alpha value is -3.39. The molecule has 0 saturated heterocycles. The number of nitrogens with one attached hydrogen (secondary N) is 1. The Kier molecular flexibility index (Phi) is 6.14. The number of carbonyl (C=O) groups excluding carboxylic acids is 1. The van der Waals surface area contributed by atoms with Crippen LogP contribution in [0.2, 0.25) is 0 Å². The lowest BCUT2D eigenvalue weighted by molar-refractivity contribution is -0.119. The average Bonchev–Trinajstić information content (AvgIpc) is 2.80. The number of amides is 1. The van der Waals surface area contributed by atoms with Crippen LogP contribution in [0.4, 0.5) is 10.1 Å². The Morgan fingerprint density at radius 1 is 1.03 bits per heavy atom. The number of rotatable bonds is 7. The minimum absolute atomic E-state index is 0.0592. The number of nitrogens with zero attached hydrogens (tertiary/aromatic N) is 1. The number of fused-ring (bicyclic) bond motifs is 3. The fourth-order valence-corrected chi connectivity index (χ4v) is 5.46. The highest BCUT2D eigenvalue weighted by molar-refractivity contribution is 7.93. The molecule has 0 aromatic heterocycles. The molecule has 1 heterocycles. The second kappa shape index (κ2) is 9.00. The lowest BCUT2D eigenvalue weighted by Crippen LogP contribution is -2.42. The third-order valence-corrected chi connectivity index (χ3v) is 7.18. The van der Waals surface area contributed by atoms with Crippen molar-refractivity contribution in [2.24, 2.45) is 0 Å². The lowest BCUT2D eigenvalue weighted by Gasteiger charge is -2.31. The van der Waals surface area contributed by atoms with Crippen LogP contribution in [-0.2, 0) is 21.2 Å². The summed E-state index contributed by atoms with van der Waals surface area (Å²) in [5.41, 5.74) is 2.25. The van der Waals surface area contributed by atoms with E-state index in [4.69, 9.17) is 4.74 Å². The predicted molar refractivity (Wildman–Crippen MR) is 121 cm³/mol. The number of anilines is 1. The van der Waals surface area contributed by atoms with Crippen molar-refractivity contribution in [1.29, 1.82) is 0 Å². The van der Waals surface area contributed by atoms with Crippen LogP contribution in [0, 0.1) is 5.82 Å². The van der Waals surface area contributed by atoms with Gasteiger partial charge in [-0.25, -0.2) is 12.8 Å². The molecule has 1 amide bonds. The largest absolute Gasteiger partial charge is 0.497 e. The summed E-state index contributed by atoms with van der Waals surface area (Å²) in [7, 11) is -2.34. The Labute approximate surface area is 186 Å². The van der Waals surface area contributed by atoms with Gasteiger partial charge in [0.2, 0.25) is 5.91 Å². The fraction of sp³-hybridized carbons (Fsp3) is 0.208. The average molecular weight is 455 g/mol. The van der Waals surface area contributed by atoms with Crippen molar-refractivity contribution in [2.45, 2.75) is 17.7 Å². The predicted octanol–water partition coefficient (Wildman–Crippen LogP) is 3.76. The quantitative estimate of drug-likeness (QED) is 0.552. The summed E-state index contributed by atoms with van der Waals surface area (Å²) in [6.45, 7) is 0.0191. The monoisotopic (exact) mass is 454 g/mol. The summed E-state index contributed by atoms with van der Waals surface area (Å²) >= 11 is 0. The van der Waals surface area contributed by atoms with Gasteiger partial charge in [0.15, 0.2) is 0 Å². The first kappa shape index (κ1) is 21.8. The van der Waals surface area contributed by atoms with Gasteiger partial charge < -0.3 is 10.1 Å². The number of aryl methyl sites for hydroxylation is 1. The van der Waals surface area contributed by atoms with Gasteiger partial charge >= 0.3 is 0 Å². The summed E-state index contributed by atoms with van der Waals surface area (Å²) in [6, 6.07) is 18.0. The molecule has 4 rings (SSSR count). The molecule has 1 N–H and O–H groups in total. The Balaban J connectivity index is 1.46. The van der Waals surface area contributed by atoms with E-state index in [-0.39, 0.29) is 17.1 Å². The molecule has 0 saturated carbocycles. The van der Waals surface area contributed by atoms with E-state index in [1.54, 1.807) is 25.3 Å². The van der Waals surface area contributed by atoms with E-state index in [9.17, 15) is 17.6 Å². The van der Waals surface area contributed by atoms with Gasteiger partial charge in [0.1, 0.15) is 18.1 Å². The molecule has 0 aliphatic carbocycles. The number of hydrogen-bond donors (Lipinski definition) is 1. The van der Waals surface area contributed by atoms with E-state index >= 15 is 0 Å². The van der Waals surface area contributed by atoms with E-state index in [0.29, 0.717) is 24.1 Å². The maximum atomic E-state index is 13.9. The molecule has 3 aromatic carbocycles. The van der Waals surface area contributed by atoms with Gasteiger partial charge in [0.25, 0.3) is 10.0 Å². The van der Waals surface area contributed by atoms with Crippen molar-refractivity contribution in [1.82, 2.24) is 5.32 Å². The molecule has 6 nitrogen and oxygen atoms in total. The highest BCUT2D eigenvalue weighted by Gasteiger charge is 2.35. The van der Waals surface area contributed by atoms with Crippen LogP contribution < -0.4 is 14.4 Å². The number of hydrogen-bond acceptors (Lipinski definition) is 4. The van der Waals surface area contributed by atoms with E-state index in [1.807, 2.05) is 24.3 Å². The second-order valence-electron chi connectivity index (χ2n) is 7.47. The number of ether oxygens (including phenoxy) is 1. The normalized spacial score (nSPS) is 13.8. The van der Waals surface area contributed by atoms with Crippen LogP contribution in [0.5, 0.6) is 5.75 Å². The molecular weight excluding hydrogens is 431 g/mol. The van der Waals surface area contributed by atoms with Crippen molar-refractivity contribution in [3.05, 3.63) is 78.1 Å². The molecule has 0 atom stereocenters. The smallest absolute Gasteiger partial charge is 0.265 e. The zero-order chi connectivity index (χ0) is 22.7.